The molecule has 10 heteroatoms. The molecule has 10 nitrogen and oxygen atoms in total. The predicted octanol–water partition coefficient (Wildman–Crippen LogP) is 0.682. The van der Waals surface area contributed by atoms with E-state index in [4.69, 9.17) is 5.73 Å². The Kier molecular flexibility index (Phi) is 5.30. The number of hydrogen-bond donors (Lipinski definition) is 2. The summed E-state index contributed by atoms with van der Waals surface area (Å²) in [6.07, 6.45) is 3.47. The molecule has 1 amide bonds. The molecule has 5 rings (SSSR count). The Hall–Kier alpha value is -4.52. The van der Waals surface area contributed by atoms with Crippen LogP contribution in [0.3, 0.4) is 0 Å². The molecule has 1 aromatic carbocycles. The Morgan fingerprint density at radius 3 is 2.74 bits per heavy atom. The van der Waals surface area contributed by atoms with Gasteiger partial charge in [0.1, 0.15) is 11.4 Å². The van der Waals surface area contributed by atoms with E-state index in [1.54, 1.807) is 35.6 Å². The molecular formula is C24H24N8O2. The Morgan fingerprint density at radius 1 is 1.18 bits per heavy atom. The molecule has 3 N–H and O–H groups in total. The highest BCUT2D eigenvalue weighted by Gasteiger charge is 2.35. The van der Waals surface area contributed by atoms with E-state index in [1.165, 1.54) is 4.68 Å². The lowest BCUT2D eigenvalue weighted by molar-refractivity contribution is 0.0934. The fourth-order valence-corrected chi connectivity index (χ4v) is 4.43. The zero-order chi connectivity index (χ0) is 23.8. The quantitative estimate of drug-likeness (QED) is 0.345. The van der Waals surface area contributed by atoms with E-state index in [0.717, 1.165) is 11.5 Å². The van der Waals surface area contributed by atoms with Crippen molar-refractivity contribution in [2.24, 2.45) is 18.7 Å². The molecule has 0 aliphatic carbocycles. The summed E-state index contributed by atoms with van der Waals surface area (Å²) in [6.45, 7) is 2.79. The molecule has 0 unspecified atom stereocenters. The molecule has 1 aliphatic rings. The fourth-order valence-electron chi connectivity index (χ4n) is 4.43. The number of hydrogen-bond acceptors (Lipinski definition) is 6. The molecule has 0 bridgehead atoms. The van der Waals surface area contributed by atoms with Crippen LogP contribution in [0.1, 0.15) is 16.1 Å². The van der Waals surface area contributed by atoms with Crippen LogP contribution in [0.2, 0.25) is 0 Å². The van der Waals surface area contributed by atoms with Crippen LogP contribution in [0.4, 0.5) is 5.82 Å². The molecule has 172 valence electrons. The van der Waals surface area contributed by atoms with Gasteiger partial charge in [0.05, 0.1) is 23.3 Å². The number of nitrogens with zero attached hydrogens (tertiary/aromatic N) is 6. The highest BCUT2D eigenvalue weighted by molar-refractivity contribution is 5.95. The fraction of sp³-hybridized carbons (Fsp3) is 0.250. The minimum atomic E-state index is -0.429. The third-order valence-electron chi connectivity index (χ3n) is 6.25. The Bertz CT molecular complexity index is 1490. The van der Waals surface area contributed by atoms with Crippen LogP contribution in [0.5, 0.6) is 0 Å². The summed E-state index contributed by atoms with van der Waals surface area (Å²) in [5, 5.41) is 7.61. The second-order valence-electron chi connectivity index (χ2n) is 8.24. The van der Waals surface area contributed by atoms with Crippen LogP contribution in [0.15, 0.2) is 59.7 Å². The van der Waals surface area contributed by atoms with Crippen LogP contribution in [-0.4, -0.2) is 49.0 Å². The van der Waals surface area contributed by atoms with Crippen molar-refractivity contribution in [1.82, 2.24) is 29.3 Å². The van der Waals surface area contributed by atoms with E-state index in [0.29, 0.717) is 24.5 Å². The van der Waals surface area contributed by atoms with E-state index in [9.17, 15) is 9.59 Å². The maximum absolute atomic E-state index is 13.3. The number of carbonyl (C=O) groups excluding carboxylic acids is 1. The first-order valence-electron chi connectivity index (χ1n) is 10.9. The van der Waals surface area contributed by atoms with Crippen molar-refractivity contribution in [3.8, 4) is 17.7 Å². The normalized spacial score (nSPS) is 17.5. The molecule has 34 heavy (non-hydrogen) atoms. The van der Waals surface area contributed by atoms with Crippen LogP contribution in [0.25, 0.3) is 11.3 Å². The Balaban J connectivity index is 1.42. The second-order valence-corrected chi connectivity index (χ2v) is 8.24. The van der Waals surface area contributed by atoms with Gasteiger partial charge in [0.15, 0.2) is 5.65 Å². The standard InChI is InChI=1S/C24H24N8O2/c1-16-22(24(34)32(29(16)2)18-6-4-3-5-7-18)23(33)27-19-15-30(14-17(19)10-11-25)21-9-8-20-26-12-13-31(20)28-21/h3-9,12-13,17,19H,14-15,25H2,1-2H3,(H,27,33)/t17-,19-/m1/s1. The van der Waals surface area contributed by atoms with Gasteiger partial charge in [-0.25, -0.2) is 14.2 Å². The number of rotatable bonds is 4. The summed E-state index contributed by atoms with van der Waals surface area (Å²) in [4.78, 5) is 32.8. The molecule has 1 saturated heterocycles. The van der Waals surface area contributed by atoms with Crippen molar-refractivity contribution in [3.63, 3.8) is 0 Å². The van der Waals surface area contributed by atoms with Crippen molar-refractivity contribution < 1.29 is 4.79 Å². The van der Waals surface area contributed by atoms with E-state index in [-0.39, 0.29) is 23.1 Å². The number of carbonyl (C=O) groups is 1. The number of aromatic nitrogens is 5. The van der Waals surface area contributed by atoms with Crippen LogP contribution in [0, 0.1) is 24.8 Å². The number of anilines is 1. The van der Waals surface area contributed by atoms with Gasteiger partial charge in [-0.2, -0.15) is 0 Å². The summed E-state index contributed by atoms with van der Waals surface area (Å²) in [6, 6.07) is 15.2. The third kappa shape index (κ3) is 3.57. The minimum absolute atomic E-state index is 0.113. The number of fused-ring (bicyclic) bond motifs is 1. The van der Waals surface area contributed by atoms with Gasteiger partial charge >= 0.3 is 0 Å². The number of nitrogens with two attached hydrogens (primary N) is 1. The summed E-state index contributed by atoms with van der Waals surface area (Å²) < 4.78 is 4.88. The molecule has 0 spiro atoms. The maximum atomic E-state index is 13.3. The van der Waals surface area contributed by atoms with Crippen molar-refractivity contribution >= 4 is 17.4 Å². The summed E-state index contributed by atoms with van der Waals surface area (Å²) >= 11 is 0. The molecule has 4 heterocycles. The molecule has 3 aromatic heterocycles. The number of imidazole rings is 1. The smallest absolute Gasteiger partial charge is 0.284 e. The van der Waals surface area contributed by atoms with E-state index >= 15 is 0 Å². The molecular weight excluding hydrogens is 432 g/mol. The molecule has 0 radical (unpaired) electrons. The predicted molar refractivity (Wildman–Crippen MR) is 128 cm³/mol. The van der Waals surface area contributed by atoms with Gasteiger partial charge in [0.2, 0.25) is 0 Å². The first-order chi connectivity index (χ1) is 16.5. The highest BCUT2D eigenvalue weighted by atomic mass is 16.2. The van der Waals surface area contributed by atoms with Crippen molar-refractivity contribution in [2.45, 2.75) is 13.0 Å². The van der Waals surface area contributed by atoms with Crippen molar-refractivity contribution in [1.29, 1.82) is 0 Å². The van der Waals surface area contributed by atoms with Crippen molar-refractivity contribution in [2.75, 3.05) is 18.0 Å². The van der Waals surface area contributed by atoms with Gasteiger partial charge in [-0.1, -0.05) is 24.1 Å². The third-order valence-corrected chi connectivity index (χ3v) is 6.25. The van der Waals surface area contributed by atoms with Crippen LogP contribution in [-0.2, 0) is 7.05 Å². The molecule has 0 saturated carbocycles. The Morgan fingerprint density at radius 2 is 1.97 bits per heavy atom. The average molecular weight is 457 g/mol. The molecule has 4 aromatic rings. The molecule has 1 fully saturated rings. The topological polar surface area (TPSA) is 115 Å². The summed E-state index contributed by atoms with van der Waals surface area (Å²) in [7, 11) is 1.76. The maximum Gasteiger partial charge on any atom is 0.284 e. The molecule has 1 aliphatic heterocycles. The minimum Gasteiger partial charge on any atom is -0.359 e. The lowest BCUT2D eigenvalue weighted by atomic mass is 10.0. The van der Waals surface area contributed by atoms with Crippen molar-refractivity contribution in [3.05, 3.63) is 76.5 Å². The first-order valence-corrected chi connectivity index (χ1v) is 10.9. The van der Waals surface area contributed by atoms with Gasteiger partial charge in [-0.05, 0) is 31.2 Å². The Labute approximate surface area is 195 Å². The number of amides is 1. The van der Waals surface area contributed by atoms with E-state index in [2.05, 4.69) is 27.4 Å². The summed E-state index contributed by atoms with van der Waals surface area (Å²) in [5.74, 6) is 3.09. The zero-order valence-electron chi connectivity index (χ0n) is 18.8. The zero-order valence-corrected chi connectivity index (χ0v) is 18.8. The number of benzene rings is 1. The van der Waals surface area contributed by atoms with Gasteiger partial charge in [0.25, 0.3) is 11.5 Å². The number of nitrogens with one attached hydrogen (secondary N) is 1. The second kappa shape index (κ2) is 8.44. The average Bonchev–Trinajstić information content (AvgIpc) is 3.51. The lowest BCUT2D eigenvalue weighted by Gasteiger charge is -2.17. The van der Waals surface area contributed by atoms with Gasteiger partial charge in [-0.15, -0.1) is 5.10 Å². The largest absolute Gasteiger partial charge is 0.359 e. The lowest BCUT2D eigenvalue weighted by Crippen LogP contribution is -2.42. The number of para-hydroxylation sites is 1. The highest BCUT2D eigenvalue weighted by Crippen LogP contribution is 2.23. The monoisotopic (exact) mass is 456 g/mol. The van der Waals surface area contributed by atoms with Crippen LogP contribution >= 0.6 is 0 Å². The van der Waals surface area contributed by atoms with Gasteiger partial charge in [-0.3, -0.25) is 14.3 Å². The van der Waals surface area contributed by atoms with Crippen LogP contribution < -0.4 is 21.5 Å². The first kappa shape index (κ1) is 21.3. The van der Waals surface area contributed by atoms with Gasteiger partial charge < -0.3 is 16.0 Å². The SMILES string of the molecule is Cc1c(C(=O)N[C@@H]2CN(c3ccc4nccn4n3)C[C@H]2C#CN)c(=O)n(-c2ccccc2)n1C. The summed E-state index contributed by atoms with van der Waals surface area (Å²) in [5.41, 5.74) is 7.28. The van der Waals surface area contributed by atoms with E-state index in [1.807, 2.05) is 47.4 Å². The van der Waals surface area contributed by atoms with E-state index < -0.39 is 5.91 Å². The molecule has 2 atom stereocenters. The van der Waals surface area contributed by atoms with Gasteiger partial charge in [0, 0.05) is 38.6 Å².